The van der Waals surface area contributed by atoms with Crippen LogP contribution in [0.15, 0.2) is 18.2 Å². The third-order valence-electron chi connectivity index (χ3n) is 4.05. The van der Waals surface area contributed by atoms with Gasteiger partial charge in [-0.15, -0.1) is 0 Å². The number of nitrogens with zero attached hydrogens (tertiary/aromatic N) is 1. The minimum absolute atomic E-state index is 0.118. The highest BCUT2D eigenvalue weighted by Crippen LogP contribution is 2.38. The summed E-state index contributed by atoms with van der Waals surface area (Å²) in [6.45, 7) is 4.01. The van der Waals surface area contributed by atoms with E-state index in [0.29, 0.717) is 12.2 Å². The highest BCUT2D eigenvalue weighted by atomic mass is 19.1. The normalized spacial score (nSPS) is 29.6. The van der Waals surface area contributed by atoms with Crippen LogP contribution in [-0.4, -0.2) is 49.1 Å². The molecule has 0 spiro atoms. The average molecular weight is 307 g/mol. The molecule has 0 aliphatic carbocycles. The molecule has 0 aromatic heterocycles. The van der Waals surface area contributed by atoms with Crippen LogP contribution in [-0.2, 0) is 15.9 Å². The van der Waals surface area contributed by atoms with E-state index in [4.69, 9.17) is 17.3 Å². The highest BCUT2D eigenvalue weighted by Gasteiger charge is 2.54. The first-order valence-electron chi connectivity index (χ1n) is 7.11. The van der Waals surface area contributed by atoms with Gasteiger partial charge in [0.15, 0.2) is 5.81 Å². The monoisotopic (exact) mass is 307 g/mol. The molecule has 0 N–H and O–H groups in total. The fourth-order valence-electron chi connectivity index (χ4n) is 3.19. The third kappa shape index (κ3) is 2.87. The van der Waals surface area contributed by atoms with E-state index >= 15 is 0 Å². The number of amides is 1. The number of hydrogen-bond acceptors (Lipinski definition) is 3. The Kier molecular flexibility index (Phi) is 3.73. The number of hydrogen-bond donors (Lipinski definition) is 0. The maximum absolute atomic E-state index is 13.4. The number of epoxide rings is 1. The molecule has 0 saturated carbocycles. The van der Waals surface area contributed by atoms with Gasteiger partial charge in [-0.3, -0.25) is 4.79 Å². The van der Waals surface area contributed by atoms with Crippen molar-refractivity contribution in [2.75, 3.05) is 6.61 Å². The quantitative estimate of drug-likeness (QED) is 0.633. The number of carbonyl (C=O) groups excluding carboxylic acids is 1. The molecule has 116 valence electrons. The van der Waals surface area contributed by atoms with Gasteiger partial charge in [0.05, 0.1) is 12.6 Å². The van der Waals surface area contributed by atoms with Gasteiger partial charge in [0.1, 0.15) is 29.6 Å². The van der Waals surface area contributed by atoms with Crippen LogP contribution in [0.4, 0.5) is 13.6 Å². The highest BCUT2D eigenvalue weighted by molar-refractivity contribution is 6.57. The van der Waals surface area contributed by atoms with Crippen molar-refractivity contribution in [3.8, 4) is 0 Å². The van der Waals surface area contributed by atoms with Gasteiger partial charge in [0.25, 0.3) is 0 Å². The van der Waals surface area contributed by atoms with E-state index in [-0.39, 0.29) is 18.6 Å². The minimum Gasteiger partial charge on any atom is -0.370 e. The molecule has 3 rings (SSSR count). The summed E-state index contributed by atoms with van der Waals surface area (Å²) in [5, 5.41) is 0. The van der Waals surface area contributed by atoms with E-state index in [1.165, 1.54) is 17.0 Å². The molecule has 3 atom stereocenters. The van der Waals surface area contributed by atoms with E-state index in [1.54, 1.807) is 13.8 Å². The summed E-state index contributed by atoms with van der Waals surface area (Å²) in [6, 6.07) is 2.88. The lowest BCUT2D eigenvalue weighted by Gasteiger charge is -2.33. The predicted octanol–water partition coefficient (Wildman–Crippen LogP) is 2.00. The molecule has 2 heterocycles. The fraction of sp³-hybridized carbons (Fsp3) is 0.533. The van der Waals surface area contributed by atoms with E-state index < -0.39 is 29.2 Å². The van der Waals surface area contributed by atoms with Gasteiger partial charge in [-0.25, -0.2) is 8.78 Å². The lowest BCUT2D eigenvalue weighted by molar-refractivity contribution is -0.0637. The Bertz CT molecular complexity index is 586. The number of carbonyl (C=O) groups is 1. The maximum Gasteiger partial charge on any atom is 0.200 e. The Labute approximate surface area is 128 Å². The first-order valence-corrected chi connectivity index (χ1v) is 7.11. The Morgan fingerprint density at radius 3 is 2.45 bits per heavy atom. The largest absolute Gasteiger partial charge is 0.370 e. The maximum atomic E-state index is 13.4. The summed E-state index contributed by atoms with van der Waals surface area (Å²) in [5.41, 5.74) is -0.445. The van der Waals surface area contributed by atoms with Crippen molar-refractivity contribution in [1.82, 2.24) is 4.90 Å². The van der Waals surface area contributed by atoms with Gasteiger partial charge >= 0.3 is 0 Å². The molecule has 2 aliphatic rings. The molecule has 2 aliphatic heterocycles. The zero-order chi connectivity index (χ0) is 16.1. The molecule has 0 bridgehead atoms. The Morgan fingerprint density at radius 2 is 1.95 bits per heavy atom. The summed E-state index contributed by atoms with van der Waals surface area (Å²) >= 11 is 0. The summed E-state index contributed by atoms with van der Waals surface area (Å²) in [4.78, 5) is 13.2. The van der Waals surface area contributed by atoms with Crippen LogP contribution in [0, 0.1) is 11.6 Å². The van der Waals surface area contributed by atoms with Crippen molar-refractivity contribution in [1.29, 1.82) is 0 Å². The van der Waals surface area contributed by atoms with E-state index in [0.717, 1.165) is 6.07 Å². The number of rotatable bonds is 3. The topological polar surface area (TPSA) is 42.1 Å². The third-order valence-corrected chi connectivity index (χ3v) is 4.05. The van der Waals surface area contributed by atoms with Crippen molar-refractivity contribution in [3.63, 3.8) is 0 Å². The smallest absolute Gasteiger partial charge is 0.200 e. The molecule has 7 heteroatoms. The van der Waals surface area contributed by atoms with Crippen LogP contribution in [0.5, 0.6) is 0 Å². The molecule has 2 saturated heterocycles. The molecule has 2 radical (unpaired) electrons. The van der Waals surface area contributed by atoms with Gasteiger partial charge in [0.2, 0.25) is 7.85 Å². The zero-order valence-corrected chi connectivity index (χ0v) is 12.4. The predicted molar refractivity (Wildman–Crippen MR) is 75.5 cm³/mol. The summed E-state index contributed by atoms with van der Waals surface area (Å²) < 4.78 is 37.9. The van der Waals surface area contributed by atoms with Gasteiger partial charge in [-0.05, 0) is 38.0 Å². The number of benzene rings is 1. The SMILES string of the molecule is [B]C(=O)N1[C@@H](Cc2cc(F)cc(F)c2)[C@H]([C@@H]2CO2)OC1(C)C. The van der Waals surface area contributed by atoms with Crippen molar-refractivity contribution >= 4 is 13.7 Å². The summed E-state index contributed by atoms with van der Waals surface area (Å²) in [5.74, 6) is -1.94. The van der Waals surface area contributed by atoms with E-state index in [1.807, 2.05) is 0 Å². The molecule has 1 aromatic rings. The molecular formula is C15H16BF2NO3. The molecular weight excluding hydrogens is 291 g/mol. The second-order valence-corrected chi connectivity index (χ2v) is 6.16. The Morgan fingerprint density at radius 1 is 1.36 bits per heavy atom. The average Bonchev–Trinajstić information content (AvgIpc) is 3.13. The minimum atomic E-state index is -0.890. The molecule has 1 amide bonds. The molecule has 22 heavy (non-hydrogen) atoms. The van der Waals surface area contributed by atoms with Crippen LogP contribution in [0.2, 0.25) is 0 Å². The number of ether oxygens (including phenoxy) is 2. The van der Waals surface area contributed by atoms with Gasteiger partial charge in [0, 0.05) is 6.07 Å². The van der Waals surface area contributed by atoms with Gasteiger partial charge < -0.3 is 14.4 Å². The number of halogens is 2. The molecule has 2 fully saturated rings. The zero-order valence-electron chi connectivity index (χ0n) is 12.4. The lowest BCUT2D eigenvalue weighted by atomic mass is 9.95. The van der Waals surface area contributed by atoms with Crippen molar-refractivity contribution in [3.05, 3.63) is 35.4 Å². The lowest BCUT2D eigenvalue weighted by Crippen LogP contribution is -2.49. The van der Waals surface area contributed by atoms with Crippen molar-refractivity contribution < 1.29 is 23.0 Å². The Hall–Kier alpha value is -1.47. The van der Waals surface area contributed by atoms with E-state index in [9.17, 15) is 13.6 Å². The van der Waals surface area contributed by atoms with Crippen LogP contribution in [0.25, 0.3) is 0 Å². The van der Waals surface area contributed by atoms with Crippen LogP contribution < -0.4 is 0 Å². The van der Waals surface area contributed by atoms with Crippen molar-refractivity contribution in [2.45, 2.75) is 44.2 Å². The second kappa shape index (κ2) is 5.31. The van der Waals surface area contributed by atoms with Crippen LogP contribution >= 0.6 is 0 Å². The van der Waals surface area contributed by atoms with Gasteiger partial charge in [-0.2, -0.15) is 0 Å². The second-order valence-electron chi connectivity index (χ2n) is 6.16. The van der Waals surface area contributed by atoms with Gasteiger partial charge in [-0.1, -0.05) is 0 Å². The summed E-state index contributed by atoms with van der Waals surface area (Å²) in [6.07, 6.45) is -0.244. The fourth-order valence-corrected chi connectivity index (χ4v) is 3.19. The molecule has 4 nitrogen and oxygen atoms in total. The van der Waals surface area contributed by atoms with Crippen molar-refractivity contribution in [2.24, 2.45) is 0 Å². The first kappa shape index (κ1) is 15.4. The standard InChI is InChI=1S/C15H16BF2NO3/c1-15(2)19(14(16)20)11(13(22-15)12-7-21-12)5-8-3-9(17)6-10(18)4-8/h3-4,6,11-13H,5,7H2,1-2H3/t11-,12-,13+/m0/s1. The molecule has 0 unspecified atom stereocenters. The Balaban J connectivity index is 1.91. The first-order chi connectivity index (χ1) is 10.3. The molecule has 1 aromatic carbocycles. The van der Waals surface area contributed by atoms with Crippen LogP contribution in [0.1, 0.15) is 19.4 Å². The summed E-state index contributed by atoms with van der Waals surface area (Å²) in [7, 11) is 5.48. The van der Waals surface area contributed by atoms with E-state index in [2.05, 4.69) is 0 Å². The van der Waals surface area contributed by atoms with Crippen LogP contribution in [0.3, 0.4) is 0 Å².